The number of carbonyl (C=O) groups is 2. The van der Waals surface area contributed by atoms with Crippen LogP contribution in [0.1, 0.15) is 56.6 Å². The molecule has 1 aliphatic rings. The highest BCUT2D eigenvalue weighted by Gasteiger charge is 2.32. The van der Waals surface area contributed by atoms with Gasteiger partial charge in [0, 0.05) is 19.6 Å². The van der Waals surface area contributed by atoms with Crippen molar-refractivity contribution < 1.29 is 18.0 Å². The summed E-state index contributed by atoms with van der Waals surface area (Å²) in [6, 6.07) is 15.5. The topological polar surface area (TPSA) is 86.8 Å². The maximum atomic E-state index is 13.5. The lowest BCUT2D eigenvalue weighted by atomic mass is 9.95. The second-order valence-corrected chi connectivity index (χ2v) is 11.4. The van der Waals surface area contributed by atoms with E-state index in [-0.39, 0.29) is 29.9 Å². The Morgan fingerprint density at radius 1 is 1.00 bits per heavy atom. The lowest BCUT2D eigenvalue weighted by Crippen LogP contribution is -2.53. The number of carbonyl (C=O) groups excluding carboxylic acids is 2. The minimum atomic E-state index is -3.85. The van der Waals surface area contributed by atoms with Crippen LogP contribution in [0, 0.1) is 6.92 Å². The molecule has 2 aromatic carbocycles. The second kappa shape index (κ2) is 12.3. The van der Waals surface area contributed by atoms with Gasteiger partial charge in [0.1, 0.15) is 6.04 Å². The molecule has 0 radical (unpaired) electrons. The van der Waals surface area contributed by atoms with E-state index in [9.17, 15) is 18.0 Å². The van der Waals surface area contributed by atoms with Crippen molar-refractivity contribution in [3.63, 3.8) is 0 Å². The summed E-state index contributed by atoms with van der Waals surface area (Å²) in [5, 5.41) is 3.14. The van der Waals surface area contributed by atoms with Crippen LogP contribution in [0.15, 0.2) is 59.5 Å². The van der Waals surface area contributed by atoms with Crippen LogP contribution in [0.2, 0.25) is 0 Å². The number of benzene rings is 2. The normalized spacial score (nSPS) is 15.5. The number of nitrogens with one attached hydrogen (secondary N) is 1. The number of sulfonamides is 1. The molecule has 7 nitrogen and oxygen atoms in total. The van der Waals surface area contributed by atoms with Crippen LogP contribution in [-0.2, 0) is 26.2 Å². The zero-order chi connectivity index (χ0) is 25.4. The van der Waals surface area contributed by atoms with Gasteiger partial charge in [-0.15, -0.1) is 0 Å². The second-order valence-electron chi connectivity index (χ2n) is 9.35. The van der Waals surface area contributed by atoms with Gasteiger partial charge in [-0.3, -0.25) is 9.59 Å². The fraction of sp³-hybridized carbons (Fsp3) is 0.481. The largest absolute Gasteiger partial charge is 0.352 e. The van der Waals surface area contributed by atoms with Gasteiger partial charge in [0.25, 0.3) is 0 Å². The fourth-order valence-electron chi connectivity index (χ4n) is 4.50. The van der Waals surface area contributed by atoms with E-state index >= 15 is 0 Å². The number of amides is 2. The fourth-order valence-corrected chi connectivity index (χ4v) is 5.62. The molecule has 3 rings (SSSR count). The van der Waals surface area contributed by atoms with Gasteiger partial charge in [-0.25, -0.2) is 8.42 Å². The molecule has 8 heteroatoms. The van der Waals surface area contributed by atoms with Crippen LogP contribution in [0.4, 0.5) is 0 Å². The third kappa shape index (κ3) is 7.15. The SMILES string of the molecule is CC[C@H](C(=O)NC1CCCCC1)N(Cc1ccccc1)C(=O)CN(C)S(=O)(=O)c1ccc(C)cc1. The quantitative estimate of drug-likeness (QED) is 0.538. The molecule has 1 N–H and O–H groups in total. The first-order chi connectivity index (χ1) is 16.7. The number of hydrogen-bond donors (Lipinski definition) is 1. The predicted octanol–water partition coefficient (Wildman–Crippen LogP) is 3.87. The van der Waals surface area contributed by atoms with E-state index in [0.29, 0.717) is 6.42 Å². The highest BCUT2D eigenvalue weighted by Crippen LogP contribution is 2.20. The van der Waals surface area contributed by atoms with Crippen LogP contribution < -0.4 is 5.32 Å². The summed E-state index contributed by atoms with van der Waals surface area (Å²) in [7, 11) is -2.45. The van der Waals surface area contributed by atoms with Gasteiger partial charge >= 0.3 is 0 Å². The third-order valence-electron chi connectivity index (χ3n) is 6.62. The van der Waals surface area contributed by atoms with Crippen molar-refractivity contribution in [3.8, 4) is 0 Å². The van der Waals surface area contributed by atoms with Gasteiger partial charge < -0.3 is 10.2 Å². The number of nitrogens with zero attached hydrogens (tertiary/aromatic N) is 2. The molecule has 1 aliphatic carbocycles. The Bertz CT molecular complexity index is 1080. The molecule has 2 aromatic rings. The van der Waals surface area contributed by atoms with E-state index in [1.165, 1.54) is 18.4 Å². The minimum Gasteiger partial charge on any atom is -0.352 e. The molecule has 0 aliphatic heterocycles. The standard InChI is InChI=1S/C27H37N3O4S/c1-4-25(27(32)28-23-13-9-6-10-14-23)30(19-22-11-7-5-8-12-22)26(31)20-29(3)35(33,34)24-17-15-21(2)16-18-24/h5,7-8,11-12,15-18,23,25H,4,6,9-10,13-14,19-20H2,1-3H3,(H,28,32)/t25-/m1/s1. The molecule has 1 saturated carbocycles. The van der Waals surface area contributed by atoms with E-state index in [1.807, 2.05) is 44.2 Å². The zero-order valence-corrected chi connectivity index (χ0v) is 21.8. The van der Waals surface area contributed by atoms with Crippen LogP contribution in [0.25, 0.3) is 0 Å². The van der Waals surface area contributed by atoms with Crippen molar-refractivity contribution in [2.45, 2.75) is 75.9 Å². The Balaban J connectivity index is 1.81. The lowest BCUT2D eigenvalue weighted by Gasteiger charge is -2.33. The molecule has 0 heterocycles. The smallest absolute Gasteiger partial charge is 0.243 e. The Hall–Kier alpha value is -2.71. The molecule has 0 bridgehead atoms. The van der Waals surface area contributed by atoms with Gasteiger partial charge in [-0.1, -0.05) is 74.2 Å². The van der Waals surface area contributed by atoms with Crippen molar-refractivity contribution >= 4 is 21.8 Å². The van der Waals surface area contributed by atoms with Gasteiger partial charge in [-0.2, -0.15) is 4.31 Å². The average Bonchev–Trinajstić information content (AvgIpc) is 2.85. The van der Waals surface area contributed by atoms with Gasteiger partial charge in [0.05, 0.1) is 11.4 Å². The van der Waals surface area contributed by atoms with Gasteiger partial charge in [-0.05, 0) is 43.9 Å². The summed E-state index contributed by atoms with van der Waals surface area (Å²) in [6.45, 7) is 3.64. The molecule has 1 atom stereocenters. The Labute approximate surface area is 209 Å². The average molecular weight is 500 g/mol. The lowest BCUT2D eigenvalue weighted by molar-refractivity contribution is -0.141. The molecule has 1 fully saturated rings. The number of likely N-dealkylation sites (N-methyl/N-ethyl adjacent to an activating group) is 1. The van der Waals surface area contributed by atoms with Crippen LogP contribution >= 0.6 is 0 Å². The Kier molecular flexibility index (Phi) is 9.46. The molecule has 2 amide bonds. The van der Waals surface area contributed by atoms with Gasteiger partial charge in [0.15, 0.2) is 0 Å². The van der Waals surface area contributed by atoms with Crippen molar-refractivity contribution in [1.82, 2.24) is 14.5 Å². The maximum absolute atomic E-state index is 13.5. The third-order valence-corrected chi connectivity index (χ3v) is 8.44. The zero-order valence-electron chi connectivity index (χ0n) is 20.9. The number of aryl methyl sites for hydroxylation is 1. The predicted molar refractivity (Wildman–Crippen MR) is 137 cm³/mol. The molecule has 0 spiro atoms. The van der Waals surface area contributed by atoms with Crippen molar-refractivity contribution in [2.75, 3.05) is 13.6 Å². The summed E-state index contributed by atoms with van der Waals surface area (Å²) in [5.41, 5.74) is 1.83. The summed E-state index contributed by atoms with van der Waals surface area (Å²) in [6.07, 6.45) is 5.71. The van der Waals surface area contributed by atoms with Crippen LogP contribution in [-0.4, -0.2) is 55.1 Å². The summed E-state index contributed by atoms with van der Waals surface area (Å²) < 4.78 is 27.2. The molecule has 0 aromatic heterocycles. The highest BCUT2D eigenvalue weighted by molar-refractivity contribution is 7.89. The molecule has 0 unspecified atom stereocenters. The van der Waals surface area contributed by atoms with E-state index < -0.39 is 22.0 Å². The van der Waals surface area contributed by atoms with Crippen molar-refractivity contribution in [3.05, 3.63) is 65.7 Å². The van der Waals surface area contributed by atoms with E-state index in [2.05, 4.69) is 5.32 Å². The molecule has 35 heavy (non-hydrogen) atoms. The number of hydrogen-bond acceptors (Lipinski definition) is 4. The number of rotatable bonds is 10. The summed E-state index contributed by atoms with van der Waals surface area (Å²) in [4.78, 5) is 28.5. The van der Waals surface area contributed by atoms with Crippen LogP contribution in [0.3, 0.4) is 0 Å². The first-order valence-corrected chi connectivity index (χ1v) is 13.8. The monoisotopic (exact) mass is 499 g/mol. The highest BCUT2D eigenvalue weighted by atomic mass is 32.2. The van der Waals surface area contributed by atoms with Gasteiger partial charge in [0.2, 0.25) is 21.8 Å². The molecular weight excluding hydrogens is 462 g/mol. The van der Waals surface area contributed by atoms with Crippen LogP contribution in [0.5, 0.6) is 0 Å². The molecule has 0 saturated heterocycles. The molecular formula is C27H37N3O4S. The Morgan fingerprint density at radius 3 is 2.23 bits per heavy atom. The summed E-state index contributed by atoms with van der Waals surface area (Å²) >= 11 is 0. The summed E-state index contributed by atoms with van der Waals surface area (Å²) in [5.74, 6) is -0.578. The van der Waals surface area contributed by atoms with E-state index in [4.69, 9.17) is 0 Å². The van der Waals surface area contributed by atoms with E-state index in [0.717, 1.165) is 41.1 Å². The van der Waals surface area contributed by atoms with E-state index in [1.54, 1.807) is 24.3 Å². The maximum Gasteiger partial charge on any atom is 0.243 e. The Morgan fingerprint density at radius 2 is 1.63 bits per heavy atom. The first kappa shape index (κ1) is 26.9. The van der Waals surface area contributed by atoms with Crippen molar-refractivity contribution in [2.24, 2.45) is 0 Å². The minimum absolute atomic E-state index is 0.128. The first-order valence-electron chi connectivity index (χ1n) is 12.4. The molecule has 190 valence electrons. The van der Waals surface area contributed by atoms with Crippen molar-refractivity contribution in [1.29, 1.82) is 0 Å².